The first-order valence-corrected chi connectivity index (χ1v) is 23.9. The lowest BCUT2D eigenvalue weighted by Crippen LogP contribution is -2.55. The van der Waals surface area contributed by atoms with Gasteiger partial charge < -0.3 is 30.9 Å². The molecule has 6 N–H and O–H groups in total. The van der Waals surface area contributed by atoms with Crippen molar-refractivity contribution in [2.45, 2.75) is 121 Å². The van der Waals surface area contributed by atoms with Crippen molar-refractivity contribution in [1.82, 2.24) is 50.9 Å². The molecule has 0 radical (unpaired) electrons. The maximum Gasteiger partial charge on any atom is 0.252 e. The van der Waals surface area contributed by atoms with E-state index in [1.807, 2.05) is 56.3 Å². The van der Waals surface area contributed by atoms with Crippen LogP contribution in [0.1, 0.15) is 125 Å². The number of amides is 4. The third-order valence-corrected chi connectivity index (χ3v) is 12.7. The summed E-state index contributed by atoms with van der Waals surface area (Å²) >= 11 is 0. The highest BCUT2D eigenvalue weighted by Gasteiger charge is 2.43. The predicted molar refractivity (Wildman–Crippen MR) is 256 cm³/mol. The van der Waals surface area contributed by atoms with E-state index in [9.17, 15) is 23.6 Å². The Morgan fingerprint density at radius 2 is 1.69 bits per heavy atom. The first kappa shape index (κ1) is 49.2. The number of rotatable bonds is 24. The number of unbranched alkanes of at least 4 members (excludes halogenated alkanes) is 6. The molecule has 2 fully saturated rings. The Kier molecular flexibility index (Phi) is 17.2. The van der Waals surface area contributed by atoms with Crippen molar-refractivity contribution in [2.75, 3.05) is 48.8 Å². The first-order chi connectivity index (χ1) is 33.0. The number of nitrogens with zero attached hydrogens (tertiary/aromatic N) is 7. The number of pyridine rings is 1. The molecule has 362 valence electrons. The molecule has 0 bridgehead atoms. The van der Waals surface area contributed by atoms with Gasteiger partial charge in [0.05, 0.1) is 24.4 Å². The summed E-state index contributed by atoms with van der Waals surface area (Å²) in [4.78, 5) is 66.3. The SMILES string of the molecule is COC1(C(=O)N[C@@H](C)c2ccc(-n3cc(F)cn3)nc2)CCN(c2nc(CCCCC(=O)NCCCCCCCCNc3ccc(C4CCC(=O)NC4=O)cc3)cc(Nc3cc(C)[nH]n3)n2)CC1. The molecule has 7 rings (SSSR count). The van der Waals surface area contributed by atoms with E-state index in [0.29, 0.717) is 81.6 Å². The van der Waals surface area contributed by atoms with Crippen molar-refractivity contribution in [3.05, 3.63) is 95.5 Å². The van der Waals surface area contributed by atoms with Crippen molar-refractivity contribution in [3.63, 3.8) is 0 Å². The van der Waals surface area contributed by atoms with Gasteiger partial charge in [-0.1, -0.05) is 43.9 Å². The molecule has 2 saturated heterocycles. The molecule has 1 aromatic carbocycles. The van der Waals surface area contributed by atoms with E-state index in [4.69, 9.17) is 14.7 Å². The summed E-state index contributed by atoms with van der Waals surface area (Å²) in [7, 11) is 1.56. The minimum absolute atomic E-state index is 0.0620. The lowest BCUT2D eigenvalue weighted by molar-refractivity contribution is -0.146. The number of nitrogens with one attached hydrogen (secondary N) is 6. The quantitative estimate of drug-likeness (QED) is 0.0282. The summed E-state index contributed by atoms with van der Waals surface area (Å²) in [5.41, 5.74) is 3.45. The Labute approximate surface area is 396 Å². The van der Waals surface area contributed by atoms with Crippen LogP contribution in [0, 0.1) is 12.7 Å². The van der Waals surface area contributed by atoms with Gasteiger partial charge in [-0.2, -0.15) is 15.2 Å². The standard InChI is InChI=1S/C49H64FN13O5/c1-33-28-42(61-60-33)57-41-29-39(12-8-9-13-44(64)52-25-11-7-5-4-6-10-24-51-38-17-14-35(15-18-38)40-19-21-45(65)59-46(40)66)56-48(58-41)62-26-22-49(68-3,23-27-62)47(67)55-34(2)36-16-20-43(53-30-36)63-32-37(50)31-54-63/h14-18,20,28-32,34,40,51H,4-13,19,21-27H2,1-3H3,(H,52,64)(H,55,67)(H,59,65,66)(H2,56,57,58,60,61)/t34-,40?/m0/s1. The number of H-pyrrole nitrogens is 1. The molecule has 19 heteroatoms. The molecule has 2 aliphatic rings. The van der Waals surface area contributed by atoms with E-state index < -0.39 is 11.4 Å². The van der Waals surface area contributed by atoms with Crippen LogP contribution in [0.15, 0.2) is 67.1 Å². The number of hydrogen-bond acceptors (Lipinski definition) is 13. The number of aromatic nitrogens is 7. The van der Waals surface area contributed by atoms with Crippen LogP contribution in [0.3, 0.4) is 0 Å². The number of halogens is 1. The zero-order valence-electron chi connectivity index (χ0n) is 39.3. The van der Waals surface area contributed by atoms with Crippen molar-refractivity contribution in [3.8, 4) is 5.82 Å². The van der Waals surface area contributed by atoms with Crippen molar-refractivity contribution in [1.29, 1.82) is 0 Å². The number of benzene rings is 1. The van der Waals surface area contributed by atoms with E-state index in [0.717, 1.165) is 92.3 Å². The molecule has 5 aromatic rings. The second kappa shape index (κ2) is 23.8. The van der Waals surface area contributed by atoms with Crippen LogP contribution >= 0.6 is 0 Å². The fourth-order valence-electron chi connectivity index (χ4n) is 8.59. The van der Waals surface area contributed by atoms with Gasteiger partial charge in [0.2, 0.25) is 23.7 Å². The molecule has 0 aliphatic carbocycles. The number of ether oxygens (including phenoxy) is 1. The topological polar surface area (TPSA) is 226 Å². The number of hydrogen-bond donors (Lipinski definition) is 6. The lowest BCUT2D eigenvalue weighted by Gasteiger charge is -2.40. The molecule has 2 aliphatic heterocycles. The highest BCUT2D eigenvalue weighted by atomic mass is 19.1. The third kappa shape index (κ3) is 13.7. The van der Waals surface area contributed by atoms with Crippen LogP contribution in [0.4, 0.5) is 27.7 Å². The minimum Gasteiger partial charge on any atom is -0.385 e. The van der Waals surface area contributed by atoms with Gasteiger partial charge in [-0.15, -0.1) is 0 Å². The number of aryl methyl sites for hydroxylation is 2. The third-order valence-electron chi connectivity index (χ3n) is 12.7. The molecule has 0 saturated carbocycles. The average Bonchev–Trinajstić information content (AvgIpc) is 3.97. The van der Waals surface area contributed by atoms with Gasteiger partial charge >= 0.3 is 0 Å². The Bertz CT molecular complexity index is 2450. The van der Waals surface area contributed by atoms with E-state index in [1.165, 1.54) is 10.9 Å². The zero-order chi connectivity index (χ0) is 47.9. The summed E-state index contributed by atoms with van der Waals surface area (Å²) in [5.74, 6) is 0.969. The predicted octanol–water partition coefficient (Wildman–Crippen LogP) is 6.64. The molecular formula is C49H64FN13O5. The van der Waals surface area contributed by atoms with Crippen LogP contribution in [0.5, 0.6) is 0 Å². The number of carbonyl (C=O) groups excluding carboxylic acids is 4. The number of piperidine rings is 2. The maximum absolute atomic E-state index is 13.8. The average molecular weight is 934 g/mol. The van der Waals surface area contributed by atoms with Crippen molar-refractivity contribution in [2.24, 2.45) is 0 Å². The fraction of sp³-hybridized carbons (Fsp3) is 0.490. The number of imide groups is 1. The van der Waals surface area contributed by atoms with Crippen LogP contribution in [0.2, 0.25) is 0 Å². The van der Waals surface area contributed by atoms with Crippen molar-refractivity contribution >= 4 is 46.9 Å². The molecule has 18 nitrogen and oxygen atoms in total. The molecule has 0 spiro atoms. The highest BCUT2D eigenvalue weighted by Crippen LogP contribution is 2.31. The largest absolute Gasteiger partial charge is 0.385 e. The smallest absolute Gasteiger partial charge is 0.252 e. The summed E-state index contributed by atoms with van der Waals surface area (Å²) < 4.78 is 20.7. The fourth-order valence-corrected chi connectivity index (χ4v) is 8.59. The normalized spacial score (nSPS) is 16.2. The van der Waals surface area contributed by atoms with Gasteiger partial charge in [-0.3, -0.25) is 29.6 Å². The van der Waals surface area contributed by atoms with Gasteiger partial charge in [0.1, 0.15) is 11.4 Å². The van der Waals surface area contributed by atoms with Crippen molar-refractivity contribution < 1.29 is 28.3 Å². The number of methoxy groups -OCH3 is 1. The molecule has 1 unspecified atom stereocenters. The molecule has 4 aromatic heterocycles. The first-order valence-electron chi connectivity index (χ1n) is 23.9. The summed E-state index contributed by atoms with van der Waals surface area (Å²) in [6.45, 7) is 6.34. The van der Waals surface area contributed by atoms with Crippen LogP contribution in [-0.2, 0) is 30.3 Å². The molecular weight excluding hydrogens is 870 g/mol. The number of aromatic amines is 1. The second-order valence-electron chi connectivity index (χ2n) is 17.8. The Balaban J connectivity index is 0.796. The van der Waals surface area contributed by atoms with E-state index in [2.05, 4.69) is 51.8 Å². The zero-order valence-corrected chi connectivity index (χ0v) is 39.3. The molecule has 6 heterocycles. The van der Waals surface area contributed by atoms with Gasteiger partial charge in [-0.25, -0.2) is 19.0 Å². The number of anilines is 4. The van der Waals surface area contributed by atoms with E-state index in [1.54, 1.807) is 19.4 Å². The molecule has 2 atom stereocenters. The van der Waals surface area contributed by atoms with Crippen LogP contribution in [0.25, 0.3) is 5.82 Å². The van der Waals surface area contributed by atoms with E-state index in [-0.39, 0.29) is 35.6 Å². The Hall–Kier alpha value is -6.76. The molecule has 4 amide bonds. The van der Waals surface area contributed by atoms with Crippen LogP contribution in [-0.4, -0.2) is 97.4 Å². The van der Waals surface area contributed by atoms with Crippen LogP contribution < -0.4 is 31.5 Å². The summed E-state index contributed by atoms with van der Waals surface area (Å²) in [5, 5.41) is 26.6. The number of carbonyl (C=O) groups is 4. The van der Waals surface area contributed by atoms with Gasteiger partial charge in [0.25, 0.3) is 5.91 Å². The van der Waals surface area contributed by atoms with Gasteiger partial charge in [0.15, 0.2) is 17.5 Å². The second-order valence-corrected chi connectivity index (χ2v) is 17.8. The molecule has 68 heavy (non-hydrogen) atoms. The lowest BCUT2D eigenvalue weighted by atomic mass is 9.89. The maximum atomic E-state index is 13.8. The van der Waals surface area contributed by atoms with E-state index >= 15 is 0 Å². The summed E-state index contributed by atoms with van der Waals surface area (Å²) in [6.07, 6.45) is 14.9. The van der Waals surface area contributed by atoms with Gasteiger partial charge in [-0.05, 0) is 81.7 Å². The Morgan fingerprint density at radius 3 is 2.37 bits per heavy atom. The van der Waals surface area contributed by atoms with Gasteiger partial charge in [0, 0.05) is 94.4 Å². The monoisotopic (exact) mass is 934 g/mol. The Morgan fingerprint density at radius 1 is 0.926 bits per heavy atom. The summed E-state index contributed by atoms with van der Waals surface area (Å²) in [6, 6.07) is 14.9. The highest BCUT2D eigenvalue weighted by molar-refractivity contribution is 6.01. The minimum atomic E-state index is -1.05.